The molecule has 0 saturated heterocycles. The molecule has 1 heterocycles. The molecule has 0 aliphatic rings. The third-order valence-electron chi connectivity index (χ3n) is 5.10. The molecular formula is C24H24N4O3. The number of hydrogen-bond acceptors (Lipinski definition) is 5. The van der Waals surface area contributed by atoms with Crippen molar-refractivity contribution in [1.29, 1.82) is 0 Å². The summed E-state index contributed by atoms with van der Waals surface area (Å²) < 4.78 is 14.5. The predicted molar refractivity (Wildman–Crippen MR) is 118 cm³/mol. The van der Waals surface area contributed by atoms with E-state index in [1.54, 1.807) is 7.05 Å². The van der Waals surface area contributed by atoms with Crippen molar-refractivity contribution in [3.63, 3.8) is 0 Å². The fraction of sp³-hybridized carbons (Fsp3) is 0.208. The molecule has 0 aliphatic carbocycles. The molecule has 1 aromatic heterocycles. The van der Waals surface area contributed by atoms with E-state index in [0.717, 1.165) is 33.8 Å². The van der Waals surface area contributed by atoms with Crippen molar-refractivity contribution in [3.05, 3.63) is 99.5 Å². The van der Waals surface area contributed by atoms with Gasteiger partial charge in [-0.05, 0) is 65.2 Å². The van der Waals surface area contributed by atoms with Crippen LogP contribution >= 0.6 is 0 Å². The van der Waals surface area contributed by atoms with E-state index in [-0.39, 0.29) is 5.69 Å². The molecule has 4 rings (SSSR count). The van der Waals surface area contributed by atoms with E-state index in [9.17, 15) is 4.79 Å². The van der Waals surface area contributed by atoms with Crippen LogP contribution in [0.1, 0.15) is 22.3 Å². The van der Waals surface area contributed by atoms with E-state index in [1.807, 2.05) is 80.6 Å². The molecule has 0 spiro atoms. The van der Waals surface area contributed by atoms with E-state index in [2.05, 4.69) is 10.4 Å². The predicted octanol–water partition coefficient (Wildman–Crippen LogP) is 3.74. The van der Waals surface area contributed by atoms with Gasteiger partial charge in [0.15, 0.2) is 0 Å². The molecule has 0 unspecified atom stereocenters. The van der Waals surface area contributed by atoms with Gasteiger partial charge in [-0.25, -0.2) is 4.79 Å². The van der Waals surface area contributed by atoms with Crippen molar-refractivity contribution in [2.75, 3.05) is 0 Å². The fourth-order valence-electron chi connectivity index (χ4n) is 3.30. The summed E-state index contributed by atoms with van der Waals surface area (Å²) in [4.78, 5) is 12.3. The van der Waals surface area contributed by atoms with Crippen molar-refractivity contribution in [2.24, 2.45) is 7.05 Å². The zero-order valence-corrected chi connectivity index (χ0v) is 17.8. The molecule has 7 heteroatoms. The van der Waals surface area contributed by atoms with Gasteiger partial charge in [-0.1, -0.05) is 42.5 Å². The van der Waals surface area contributed by atoms with Crippen LogP contribution in [0.25, 0.3) is 5.69 Å². The summed E-state index contributed by atoms with van der Waals surface area (Å²) in [5, 5.41) is 7.77. The molecule has 158 valence electrons. The fourth-order valence-corrected chi connectivity index (χ4v) is 3.30. The number of ether oxygens (including phenoxy) is 2. The van der Waals surface area contributed by atoms with E-state index in [1.165, 1.54) is 9.36 Å². The van der Waals surface area contributed by atoms with Gasteiger partial charge in [-0.3, -0.25) is 0 Å². The van der Waals surface area contributed by atoms with Crippen LogP contribution in [0, 0.1) is 13.8 Å². The molecule has 0 aliphatic heterocycles. The average molecular weight is 416 g/mol. The van der Waals surface area contributed by atoms with Crippen LogP contribution in [0.4, 0.5) is 0 Å². The van der Waals surface area contributed by atoms with Crippen LogP contribution in [0.15, 0.2) is 71.5 Å². The van der Waals surface area contributed by atoms with Gasteiger partial charge in [-0.2, -0.15) is 9.36 Å². The third kappa shape index (κ3) is 4.50. The van der Waals surface area contributed by atoms with Crippen LogP contribution in [-0.4, -0.2) is 19.8 Å². The third-order valence-corrected chi connectivity index (χ3v) is 5.10. The number of benzene rings is 3. The Morgan fingerprint density at radius 1 is 0.839 bits per heavy atom. The standard InChI is InChI=1S/C24H24N4O3/c1-17-8-7-11-22(28-24(29)27(3)25-26-28)21(17)16-31-23-13-12-20(14-18(23)2)30-15-19-9-5-4-6-10-19/h4-14H,15-16H2,1-3H3. The summed E-state index contributed by atoms with van der Waals surface area (Å²) in [6.45, 7) is 4.78. The second kappa shape index (κ2) is 8.87. The van der Waals surface area contributed by atoms with Crippen LogP contribution < -0.4 is 15.2 Å². The van der Waals surface area contributed by atoms with Gasteiger partial charge in [0.05, 0.1) is 5.69 Å². The number of aromatic nitrogens is 4. The summed E-state index contributed by atoms with van der Waals surface area (Å²) in [7, 11) is 1.57. The van der Waals surface area contributed by atoms with E-state index >= 15 is 0 Å². The van der Waals surface area contributed by atoms with Crippen molar-refractivity contribution >= 4 is 0 Å². The van der Waals surface area contributed by atoms with Gasteiger partial charge in [0.1, 0.15) is 24.7 Å². The summed E-state index contributed by atoms with van der Waals surface area (Å²) in [6, 6.07) is 21.5. The molecule has 0 atom stereocenters. The topological polar surface area (TPSA) is 71.2 Å². The Bertz CT molecular complexity index is 1250. The second-order valence-electron chi connectivity index (χ2n) is 7.36. The van der Waals surface area contributed by atoms with Crippen molar-refractivity contribution in [2.45, 2.75) is 27.1 Å². The van der Waals surface area contributed by atoms with Crippen LogP contribution in [0.3, 0.4) is 0 Å². The Kier molecular flexibility index (Phi) is 5.84. The molecule has 3 aromatic carbocycles. The van der Waals surface area contributed by atoms with Gasteiger partial charge in [0, 0.05) is 12.6 Å². The molecule has 0 N–H and O–H groups in total. The number of nitrogens with zero attached hydrogens (tertiary/aromatic N) is 4. The quantitative estimate of drug-likeness (QED) is 0.459. The smallest absolute Gasteiger partial charge is 0.368 e. The number of aryl methyl sites for hydroxylation is 3. The molecule has 0 saturated carbocycles. The summed E-state index contributed by atoms with van der Waals surface area (Å²) in [5.41, 5.74) is 4.34. The Balaban J connectivity index is 1.50. The van der Waals surface area contributed by atoms with E-state index < -0.39 is 0 Å². The first-order chi connectivity index (χ1) is 15.0. The van der Waals surface area contributed by atoms with Gasteiger partial charge in [0.25, 0.3) is 0 Å². The highest BCUT2D eigenvalue weighted by Crippen LogP contribution is 2.26. The van der Waals surface area contributed by atoms with Gasteiger partial charge in [0.2, 0.25) is 0 Å². The Morgan fingerprint density at radius 2 is 1.65 bits per heavy atom. The van der Waals surface area contributed by atoms with Crippen LogP contribution in [0.5, 0.6) is 11.5 Å². The molecule has 0 amide bonds. The number of hydrogen-bond donors (Lipinski definition) is 0. The zero-order valence-electron chi connectivity index (χ0n) is 17.8. The lowest BCUT2D eigenvalue weighted by atomic mass is 10.1. The first-order valence-electron chi connectivity index (χ1n) is 10.0. The van der Waals surface area contributed by atoms with Crippen molar-refractivity contribution < 1.29 is 9.47 Å². The zero-order chi connectivity index (χ0) is 21.8. The van der Waals surface area contributed by atoms with Crippen LogP contribution in [0.2, 0.25) is 0 Å². The molecule has 31 heavy (non-hydrogen) atoms. The molecule has 7 nitrogen and oxygen atoms in total. The average Bonchev–Trinajstić information content (AvgIpc) is 3.11. The maximum absolute atomic E-state index is 12.3. The minimum Gasteiger partial charge on any atom is -0.489 e. The Hall–Kier alpha value is -3.87. The minimum absolute atomic E-state index is 0.302. The highest BCUT2D eigenvalue weighted by molar-refractivity contribution is 5.45. The first-order valence-corrected chi connectivity index (χ1v) is 10.0. The Labute approximate surface area is 180 Å². The highest BCUT2D eigenvalue weighted by atomic mass is 16.5. The van der Waals surface area contributed by atoms with Crippen molar-refractivity contribution in [1.82, 2.24) is 19.8 Å². The lowest BCUT2D eigenvalue weighted by Crippen LogP contribution is -2.23. The monoisotopic (exact) mass is 416 g/mol. The van der Waals surface area contributed by atoms with Gasteiger partial charge in [-0.15, -0.1) is 0 Å². The summed E-state index contributed by atoms with van der Waals surface area (Å²) in [5.74, 6) is 1.55. The normalized spacial score (nSPS) is 10.8. The minimum atomic E-state index is -0.303. The highest BCUT2D eigenvalue weighted by Gasteiger charge is 2.14. The molecule has 0 bridgehead atoms. The molecule has 0 fully saturated rings. The number of tetrazole rings is 1. The summed E-state index contributed by atoms with van der Waals surface area (Å²) >= 11 is 0. The second-order valence-corrected chi connectivity index (χ2v) is 7.36. The first kappa shape index (κ1) is 20.4. The Morgan fingerprint density at radius 3 is 2.35 bits per heavy atom. The van der Waals surface area contributed by atoms with Crippen molar-refractivity contribution in [3.8, 4) is 17.2 Å². The lowest BCUT2D eigenvalue weighted by Gasteiger charge is -2.15. The van der Waals surface area contributed by atoms with Gasteiger partial charge >= 0.3 is 5.69 Å². The largest absolute Gasteiger partial charge is 0.489 e. The maximum Gasteiger partial charge on any atom is 0.368 e. The summed E-state index contributed by atoms with van der Waals surface area (Å²) in [6.07, 6.45) is 0. The van der Waals surface area contributed by atoms with Gasteiger partial charge < -0.3 is 9.47 Å². The van der Waals surface area contributed by atoms with E-state index in [0.29, 0.717) is 18.9 Å². The van der Waals surface area contributed by atoms with E-state index in [4.69, 9.17) is 9.47 Å². The SMILES string of the molecule is Cc1cc(OCc2ccccc2)ccc1OCc1c(C)cccc1-n1nnn(C)c1=O. The number of rotatable bonds is 7. The molecule has 0 radical (unpaired) electrons. The molecule has 4 aromatic rings. The lowest BCUT2D eigenvalue weighted by molar-refractivity contribution is 0.294. The molecular weight excluding hydrogens is 392 g/mol. The maximum atomic E-state index is 12.3. The van der Waals surface area contributed by atoms with Crippen LogP contribution in [-0.2, 0) is 20.3 Å².